The highest BCUT2D eigenvalue weighted by Gasteiger charge is 2.20. The number of amides is 1. The first-order valence-electron chi connectivity index (χ1n) is 9.01. The molecule has 7 heteroatoms. The highest BCUT2D eigenvalue weighted by molar-refractivity contribution is 7.92. The Hall–Kier alpha value is -2.54. The molecule has 1 aliphatic rings. The van der Waals surface area contributed by atoms with Crippen molar-refractivity contribution in [3.05, 3.63) is 54.1 Å². The van der Waals surface area contributed by atoms with Crippen LogP contribution >= 0.6 is 0 Å². The van der Waals surface area contributed by atoms with Gasteiger partial charge >= 0.3 is 0 Å². The van der Waals surface area contributed by atoms with Crippen molar-refractivity contribution >= 4 is 27.3 Å². The average molecular weight is 388 g/mol. The van der Waals surface area contributed by atoms with Crippen molar-refractivity contribution in [3.8, 4) is 5.75 Å². The Morgan fingerprint density at radius 3 is 2.59 bits per heavy atom. The van der Waals surface area contributed by atoms with Crippen molar-refractivity contribution in [3.63, 3.8) is 0 Å². The number of sulfonamides is 1. The zero-order valence-corrected chi connectivity index (χ0v) is 16.2. The van der Waals surface area contributed by atoms with Gasteiger partial charge in [-0.25, -0.2) is 8.42 Å². The van der Waals surface area contributed by atoms with Crippen LogP contribution in [0.2, 0.25) is 0 Å². The summed E-state index contributed by atoms with van der Waals surface area (Å²) in [6, 6.07) is 14.4. The Kier molecular flexibility index (Phi) is 6.01. The molecule has 0 bridgehead atoms. The zero-order chi connectivity index (χ0) is 19.3. The molecule has 0 aliphatic carbocycles. The summed E-state index contributed by atoms with van der Waals surface area (Å²) in [7, 11) is -1.90. The maximum atomic E-state index is 12.4. The van der Waals surface area contributed by atoms with E-state index < -0.39 is 10.0 Å². The van der Waals surface area contributed by atoms with Gasteiger partial charge in [-0.05, 0) is 55.2 Å². The molecular weight excluding hydrogens is 364 g/mol. The summed E-state index contributed by atoms with van der Waals surface area (Å²) in [4.78, 5) is 13.8. The van der Waals surface area contributed by atoms with E-state index in [9.17, 15) is 13.2 Å². The Morgan fingerprint density at radius 2 is 1.89 bits per heavy atom. The smallest absolute Gasteiger partial charge is 0.233 e. The normalized spacial score (nSPS) is 14.9. The van der Waals surface area contributed by atoms with Gasteiger partial charge in [0.1, 0.15) is 5.75 Å². The second kappa shape index (κ2) is 8.43. The van der Waals surface area contributed by atoms with Gasteiger partial charge in [-0.2, -0.15) is 0 Å². The van der Waals surface area contributed by atoms with Gasteiger partial charge < -0.3 is 9.64 Å². The van der Waals surface area contributed by atoms with Crippen LogP contribution < -0.4 is 14.4 Å². The van der Waals surface area contributed by atoms with E-state index in [0.717, 1.165) is 29.8 Å². The summed E-state index contributed by atoms with van der Waals surface area (Å²) in [5.41, 5.74) is 2.13. The summed E-state index contributed by atoms with van der Waals surface area (Å²) in [5.74, 6) is 0.802. The molecule has 0 unspecified atom stereocenters. The minimum atomic E-state index is -3.49. The van der Waals surface area contributed by atoms with Crippen LogP contribution in [0, 0.1) is 0 Å². The molecular formula is C20H24N2O4S. The Morgan fingerprint density at radius 1 is 1.11 bits per heavy atom. The lowest BCUT2D eigenvalue weighted by atomic mass is 10.1. The number of nitrogens with zero attached hydrogens (tertiary/aromatic N) is 1. The molecule has 1 N–H and O–H groups in total. The van der Waals surface area contributed by atoms with Crippen molar-refractivity contribution in [1.82, 2.24) is 0 Å². The fourth-order valence-corrected chi connectivity index (χ4v) is 4.18. The van der Waals surface area contributed by atoms with Crippen LogP contribution in [-0.2, 0) is 21.2 Å². The van der Waals surface area contributed by atoms with Gasteiger partial charge in [0.15, 0.2) is 0 Å². The second-order valence-corrected chi connectivity index (χ2v) is 8.41. The van der Waals surface area contributed by atoms with E-state index in [-0.39, 0.29) is 11.7 Å². The summed E-state index contributed by atoms with van der Waals surface area (Å²) in [6.07, 6.45) is 2.82. The van der Waals surface area contributed by atoms with Crippen molar-refractivity contribution in [2.45, 2.75) is 25.7 Å². The molecule has 1 aliphatic heterocycles. The number of carbonyl (C=O) groups is 1. The Labute approximate surface area is 160 Å². The molecule has 0 spiro atoms. The zero-order valence-electron chi connectivity index (χ0n) is 15.3. The van der Waals surface area contributed by atoms with Gasteiger partial charge in [-0.1, -0.05) is 18.2 Å². The lowest BCUT2D eigenvalue weighted by Gasteiger charge is -2.27. The molecule has 3 rings (SSSR count). The topological polar surface area (TPSA) is 75.7 Å². The van der Waals surface area contributed by atoms with Crippen molar-refractivity contribution in [2.75, 3.05) is 29.0 Å². The average Bonchev–Trinajstić information content (AvgIpc) is 2.67. The van der Waals surface area contributed by atoms with E-state index in [1.807, 2.05) is 30.3 Å². The molecule has 2 aromatic carbocycles. The van der Waals surface area contributed by atoms with E-state index in [1.54, 1.807) is 30.2 Å². The van der Waals surface area contributed by atoms with E-state index in [2.05, 4.69) is 4.72 Å². The van der Waals surface area contributed by atoms with Gasteiger partial charge in [-0.3, -0.25) is 9.52 Å². The van der Waals surface area contributed by atoms with Crippen LogP contribution in [0.15, 0.2) is 48.5 Å². The second-order valence-electron chi connectivity index (χ2n) is 6.57. The number of benzene rings is 2. The molecule has 1 fully saturated rings. The van der Waals surface area contributed by atoms with E-state index in [0.29, 0.717) is 25.1 Å². The standard InChI is InChI=1S/C20H24N2O4S/c1-26-19-10-8-16(9-11-19)12-14-27(24,25)21-17-5-4-6-18(15-17)22-13-3-2-7-20(22)23/h4-6,8-11,15,21H,2-3,7,12-14H2,1H3. The number of hydrogen-bond donors (Lipinski definition) is 1. The fraction of sp³-hybridized carbons (Fsp3) is 0.350. The number of aryl methyl sites for hydroxylation is 1. The number of carbonyl (C=O) groups excluding carboxylic acids is 1. The third-order valence-corrected chi connectivity index (χ3v) is 5.86. The molecule has 2 aromatic rings. The molecule has 0 saturated carbocycles. The van der Waals surface area contributed by atoms with Gasteiger partial charge in [0.2, 0.25) is 15.9 Å². The lowest BCUT2D eigenvalue weighted by Crippen LogP contribution is -2.35. The van der Waals surface area contributed by atoms with Gasteiger partial charge in [0, 0.05) is 18.7 Å². The molecule has 1 amide bonds. The minimum absolute atomic E-state index is 0.0216. The quantitative estimate of drug-likeness (QED) is 0.790. The molecule has 6 nitrogen and oxygen atoms in total. The maximum Gasteiger partial charge on any atom is 0.233 e. The van der Waals surface area contributed by atoms with Crippen LogP contribution in [0.3, 0.4) is 0 Å². The third kappa shape index (κ3) is 5.23. The van der Waals surface area contributed by atoms with E-state index in [4.69, 9.17) is 4.74 Å². The van der Waals surface area contributed by atoms with Crippen LogP contribution in [-0.4, -0.2) is 33.7 Å². The number of hydrogen-bond acceptors (Lipinski definition) is 4. The molecule has 0 aromatic heterocycles. The molecule has 144 valence electrons. The van der Waals surface area contributed by atoms with Crippen LogP contribution in [0.5, 0.6) is 5.75 Å². The summed E-state index contributed by atoms with van der Waals surface area (Å²) < 4.78 is 32.6. The summed E-state index contributed by atoms with van der Waals surface area (Å²) in [5, 5.41) is 0. The van der Waals surface area contributed by atoms with Crippen molar-refractivity contribution < 1.29 is 17.9 Å². The number of methoxy groups -OCH3 is 1. The van der Waals surface area contributed by atoms with E-state index >= 15 is 0 Å². The van der Waals surface area contributed by atoms with Gasteiger partial charge in [0.25, 0.3) is 0 Å². The summed E-state index contributed by atoms with van der Waals surface area (Å²) in [6.45, 7) is 0.673. The number of ether oxygens (including phenoxy) is 1. The van der Waals surface area contributed by atoms with Crippen LogP contribution in [0.4, 0.5) is 11.4 Å². The molecule has 0 atom stereocenters. The first kappa shape index (κ1) is 19.2. The number of piperidine rings is 1. The summed E-state index contributed by atoms with van der Waals surface area (Å²) >= 11 is 0. The highest BCUT2D eigenvalue weighted by atomic mass is 32.2. The van der Waals surface area contributed by atoms with Crippen LogP contribution in [0.1, 0.15) is 24.8 Å². The molecule has 0 radical (unpaired) electrons. The SMILES string of the molecule is COc1ccc(CCS(=O)(=O)Nc2cccc(N3CCCCC3=O)c2)cc1. The fourth-order valence-electron chi connectivity index (χ4n) is 3.09. The number of anilines is 2. The molecule has 1 saturated heterocycles. The molecule has 1 heterocycles. The lowest BCUT2D eigenvalue weighted by molar-refractivity contribution is -0.119. The first-order chi connectivity index (χ1) is 13.0. The predicted molar refractivity (Wildman–Crippen MR) is 107 cm³/mol. The Bertz CT molecular complexity index is 894. The van der Waals surface area contributed by atoms with Crippen molar-refractivity contribution in [1.29, 1.82) is 0 Å². The predicted octanol–water partition coefficient (Wildman–Crippen LogP) is 3.20. The highest BCUT2D eigenvalue weighted by Crippen LogP contribution is 2.24. The maximum absolute atomic E-state index is 12.4. The van der Waals surface area contributed by atoms with Crippen LogP contribution in [0.25, 0.3) is 0 Å². The minimum Gasteiger partial charge on any atom is -0.497 e. The monoisotopic (exact) mass is 388 g/mol. The van der Waals surface area contributed by atoms with Gasteiger partial charge in [-0.15, -0.1) is 0 Å². The molecule has 27 heavy (non-hydrogen) atoms. The van der Waals surface area contributed by atoms with Crippen molar-refractivity contribution in [2.24, 2.45) is 0 Å². The van der Waals surface area contributed by atoms with Gasteiger partial charge in [0.05, 0.1) is 18.6 Å². The number of nitrogens with one attached hydrogen (secondary N) is 1. The number of rotatable bonds is 7. The first-order valence-corrected chi connectivity index (χ1v) is 10.7. The van der Waals surface area contributed by atoms with E-state index in [1.165, 1.54) is 0 Å². The largest absolute Gasteiger partial charge is 0.497 e. The third-order valence-electron chi connectivity index (χ3n) is 4.57. The Balaban J connectivity index is 1.64.